The van der Waals surface area contributed by atoms with Gasteiger partial charge in [0.05, 0.1) is 5.69 Å². The minimum Gasteiger partial charge on any atom is -0.371 e. The molecule has 0 radical (unpaired) electrons. The van der Waals surface area contributed by atoms with Gasteiger partial charge in [0.25, 0.3) is 5.91 Å². The molecule has 1 aliphatic heterocycles. The summed E-state index contributed by atoms with van der Waals surface area (Å²) in [4.78, 5) is 17.5. The average molecular weight is 361 g/mol. The van der Waals surface area contributed by atoms with Gasteiger partial charge in [0.1, 0.15) is 16.0 Å². The molecule has 7 nitrogen and oxygen atoms in total. The highest BCUT2D eigenvalue weighted by molar-refractivity contribution is 7.17. The van der Waals surface area contributed by atoms with Crippen LogP contribution in [0.2, 0.25) is 0 Å². The van der Waals surface area contributed by atoms with E-state index in [0.29, 0.717) is 15.7 Å². The highest BCUT2D eigenvalue weighted by Crippen LogP contribution is 2.32. The fourth-order valence-corrected chi connectivity index (χ4v) is 4.26. The van der Waals surface area contributed by atoms with Crippen molar-refractivity contribution in [2.75, 3.05) is 11.9 Å². The quantitative estimate of drug-likeness (QED) is 0.772. The number of aryl methyl sites for hydroxylation is 1. The summed E-state index contributed by atoms with van der Waals surface area (Å²) in [6, 6.07) is 3.84. The SMILES string of the molecule is Cc1nc(-n2cccc2)sc1C(=O)Nc1nnc([C@@H]2CCCO2)s1. The zero-order chi connectivity index (χ0) is 16.5. The Bertz CT molecular complexity index is 849. The molecule has 3 aromatic rings. The second kappa shape index (κ2) is 6.42. The first-order valence-electron chi connectivity index (χ1n) is 7.58. The van der Waals surface area contributed by atoms with Gasteiger partial charge in [-0.1, -0.05) is 22.7 Å². The van der Waals surface area contributed by atoms with Gasteiger partial charge in [0.15, 0.2) is 5.13 Å². The standard InChI is InChI=1S/C15H15N5O2S2/c1-9-11(23-15(16-9)20-6-2-3-7-20)12(21)17-14-19-18-13(24-14)10-5-4-8-22-10/h2-3,6-7,10H,4-5,8H2,1H3,(H,17,19,21)/t10-/m0/s1. The number of rotatable bonds is 4. The van der Waals surface area contributed by atoms with Crippen molar-refractivity contribution in [3.05, 3.63) is 40.1 Å². The van der Waals surface area contributed by atoms with Gasteiger partial charge in [-0.3, -0.25) is 10.1 Å². The molecule has 4 heterocycles. The number of hydrogen-bond acceptors (Lipinski definition) is 7. The molecule has 3 aromatic heterocycles. The van der Waals surface area contributed by atoms with E-state index in [9.17, 15) is 4.79 Å². The summed E-state index contributed by atoms with van der Waals surface area (Å²) in [6.07, 6.45) is 5.81. The number of amides is 1. The molecule has 0 aromatic carbocycles. The first-order chi connectivity index (χ1) is 11.7. The van der Waals surface area contributed by atoms with Gasteiger partial charge < -0.3 is 9.30 Å². The normalized spacial score (nSPS) is 17.3. The number of nitrogens with one attached hydrogen (secondary N) is 1. The lowest BCUT2D eigenvalue weighted by atomic mass is 10.2. The van der Waals surface area contributed by atoms with Crippen molar-refractivity contribution < 1.29 is 9.53 Å². The minimum absolute atomic E-state index is 0.0126. The molecule has 0 unspecified atom stereocenters. The maximum Gasteiger partial charge on any atom is 0.269 e. The van der Waals surface area contributed by atoms with Gasteiger partial charge in [-0.25, -0.2) is 4.98 Å². The summed E-state index contributed by atoms with van der Waals surface area (Å²) >= 11 is 2.71. The molecule has 24 heavy (non-hydrogen) atoms. The molecule has 1 atom stereocenters. The predicted octanol–water partition coefficient (Wildman–Crippen LogP) is 3.20. The van der Waals surface area contributed by atoms with E-state index in [4.69, 9.17) is 4.74 Å². The third kappa shape index (κ3) is 2.97. The van der Waals surface area contributed by atoms with Crippen LogP contribution in [-0.2, 0) is 4.74 Å². The number of hydrogen-bond donors (Lipinski definition) is 1. The first kappa shape index (κ1) is 15.4. The lowest BCUT2D eigenvalue weighted by Gasteiger charge is -2.02. The molecule has 1 saturated heterocycles. The first-order valence-corrected chi connectivity index (χ1v) is 9.21. The van der Waals surface area contributed by atoms with Gasteiger partial charge in [0.2, 0.25) is 5.13 Å². The van der Waals surface area contributed by atoms with E-state index in [1.54, 1.807) is 0 Å². The van der Waals surface area contributed by atoms with Crippen LogP contribution in [0.15, 0.2) is 24.5 Å². The van der Waals surface area contributed by atoms with Crippen molar-refractivity contribution in [1.82, 2.24) is 19.7 Å². The van der Waals surface area contributed by atoms with E-state index < -0.39 is 0 Å². The summed E-state index contributed by atoms with van der Waals surface area (Å²) in [5, 5.41) is 13.1. The summed E-state index contributed by atoms with van der Waals surface area (Å²) in [5.41, 5.74) is 0.699. The van der Waals surface area contributed by atoms with Crippen molar-refractivity contribution >= 4 is 33.7 Å². The second-order valence-electron chi connectivity index (χ2n) is 5.40. The Balaban J connectivity index is 1.50. The lowest BCUT2D eigenvalue weighted by molar-refractivity contribution is 0.102. The van der Waals surface area contributed by atoms with Crippen LogP contribution < -0.4 is 5.32 Å². The van der Waals surface area contributed by atoms with E-state index in [-0.39, 0.29) is 12.0 Å². The average Bonchev–Trinajstić information content (AvgIpc) is 3.34. The molecular weight excluding hydrogens is 346 g/mol. The van der Waals surface area contributed by atoms with Crippen LogP contribution in [0.4, 0.5) is 5.13 Å². The molecule has 4 rings (SSSR count). The Hall–Kier alpha value is -2.10. The predicted molar refractivity (Wildman–Crippen MR) is 92.0 cm³/mol. The Labute approximate surface area is 146 Å². The fourth-order valence-electron chi connectivity index (χ4n) is 2.51. The number of aromatic nitrogens is 4. The zero-order valence-corrected chi connectivity index (χ0v) is 14.6. The highest BCUT2D eigenvalue weighted by atomic mass is 32.1. The van der Waals surface area contributed by atoms with Crippen molar-refractivity contribution in [2.45, 2.75) is 25.9 Å². The molecule has 1 N–H and O–H groups in total. The fraction of sp³-hybridized carbons (Fsp3) is 0.333. The molecule has 0 aliphatic carbocycles. The number of ether oxygens (including phenoxy) is 1. The monoisotopic (exact) mass is 361 g/mol. The highest BCUT2D eigenvalue weighted by Gasteiger charge is 2.23. The van der Waals surface area contributed by atoms with Crippen LogP contribution in [0, 0.1) is 6.92 Å². The maximum absolute atomic E-state index is 12.5. The summed E-state index contributed by atoms with van der Waals surface area (Å²) in [5.74, 6) is -0.210. The van der Waals surface area contributed by atoms with Crippen molar-refractivity contribution in [1.29, 1.82) is 0 Å². The molecule has 0 spiro atoms. The van der Waals surface area contributed by atoms with Crippen LogP contribution in [0.3, 0.4) is 0 Å². The third-order valence-electron chi connectivity index (χ3n) is 3.68. The van der Waals surface area contributed by atoms with Crippen LogP contribution in [0.25, 0.3) is 5.13 Å². The molecule has 0 bridgehead atoms. The van der Waals surface area contributed by atoms with Crippen LogP contribution in [0.5, 0.6) is 0 Å². The summed E-state index contributed by atoms with van der Waals surface area (Å²) < 4.78 is 7.47. The van der Waals surface area contributed by atoms with E-state index in [1.807, 2.05) is 36.0 Å². The van der Waals surface area contributed by atoms with E-state index in [0.717, 1.165) is 29.6 Å². The summed E-state index contributed by atoms with van der Waals surface area (Å²) in [7, 11) is 0. The van der Waals surface area contributed by atoms with E-state index in [2.05, 4.69) is 20.5 Å². The third-order valence-corrected chi connectivity index (χ3v) is 5.78. The topological polar surface area (TPSA) is 81.9 Å². The van der Waals surface area contributed by atoms with Gasteiger partial charge in [-0.05, 0) is 31.9 Å². The van der Waals surface area contributed by atoms with Crippen LogP contribution >= 0.6 is 22.7 Å². The number of carbonyl (C=O) groups excluding carboxylic acids is 1. The Kier molecular flexibility index (Phi) is 4.13. The lowest BCUT2D eigenvalue weighted by Crippen LogP contribution is -2.11. The Morgan fingerprint density at radius 2 is 2.17 bits per heavy atom. The number of carbonyl (C=O) groups is 1. The smallest absolute Gasteiger partial charge is 0.269 e. The molecule has 1 fully saturated rings. The maximum atomic E-state index is 12.5. The number of thiazole rings is 1. The van der Waals surface area contributed by atoms with Crippen molar-refractivity contribution in [3.8, 4) is 5.13 Å². The number of nitrogens with zero attached hydrogens (tertiary/aromatic N) is 4. The van der Waals surface area contributed by atoms with Crippen molar-refractivity contribution in [3.63, 3.8) is 0 Å². The largest absolute Gasteiger partial charge is 0.371 e. The zero-order valence-electron chi connectivity index (χ0n) is 12.9. The second-order valence-corrected chi connectivity index (χ2v) is 7.39. The molecule has 124 valence electrons. The van der Waals surface area contributed by atoms with Crippen molar-refractivity contribution in [2.24, 2.45) is 0 Å². The van der Waals surface area contributed by atoms with Gasteiger partial charge in [0, 0.05) is 19.0 Å². The van der Waals surface area contributed by atoms with E-state index >= 15 is 0 Å². The molecule has 1 amide bonds. The van der Waals surface area contributed by atoms with Gasteiger partial charge in [-0.15, -0.1) is 10.2 Å². The van der Waals surface area contributed by atoms with E-state index in [1.165, 1.54) is 22.7 Å². The van der Waals surface area contributed by atoms with Crippen LogP contribution in [0.1, 0.15) is 39.3 Å². The molecule has 0 saturated carbocycles. The molecule has 1 aliphatic rings. The molecular formula is C15H15N5O2S2. The minimum atomic E-state index is -0.210. The summed E-state index contributed by atoms with van der Waals surface area (Å²) in [6.45, 7) is 2.59. The molecule has 9 heteroatoms. The Morgan fingerprint density at radius 3 is 2.92 bits per heavy atom. The van der Waals surface area contributed by atoms with Gasteiger partial charge in [-0.2, -0.15) is 0 Å². The number of anilines is 1. The van der Waals surface area contributed by atoms with Gasteiger partial charge >= 0.3 is 0 Å². The Morgan fingerprint density at radius 1 is 1.33 bits per heavy atom. The van der Waals surface area contributed by atoms with Crippen LogP contribution in [-0.4, -0.2) is 32.3 Å².